The van der Waals surface area contributed by atoms with Crippen LogP contribution in [-0.2, 0) is 19.1 Å². The van der Waals surface area contributed by atoms with Gasteiger partial charge in [-0.05, 0) is 91.3 Å². The number of Topliss-reactive ketones (excluding diaryl/α,β-unsaturated/α-hetero) is 2. The highest BCUT2D eigenvalue weighted by Crippen LogP contribution is 2.75. The summed E-state index contributed by atoms with van der Waals surface area (Å²) in [6, 6.07) is 2.18. The predicted molar refractivity (Wildman–Crippen MR) is 141 cm³/mol. The average Bonchev–Trinajstić information content (AvgIpc) is 2.82. The Balaban J connectivity index is 1.62. The summed E-state index contributed by atoms with van der Waals surface area (Å²) in [5.41, 5.74) is -0.915. The van der Waals surface area contributed by atoms with E-state index in [4.69, 9.17) is 4.74 Å². The molecule has 37 heavy (non-hydrogen) atoms. The van der Waals surface area contributed by atoms with E-state index in [1.807, 2.05) is 19.9 Å². The predicted octanol–water partition coefficient (Wildman–Crippen LogP) is 6.46. The molecule has 0 heterocycles. The first-order chi connectivity index (χ1) is 17.2. The maximum absolute atomic E-state index is 14.4. The molecule has 0 aromatic carbocycles. The minimum atomic E-state index is -0.560. The van der Waals surface area contributed by atoms with Crippen LogP contribution in [-0.4, -0.2) is 24.1 Å². The molecule has 0 aromatic heterocycles. The molecule has 0 aliphatic heterocycles. The third-order valence-corrected chi connectivity index (χ3v) is 12.8. The van der Waals surface area contributed by atoms with E-state index < -0.39 is 5.41 Å². The Bertz CT molecular complexity index is 1110. The maximum atomic E-state index is 14.4. The SMILES string of the molecule is CCOC(=O)[C@]12CCC(C)(C)C[C@H]1[C@H]1C(=O)C[C@@H]3[C@@]4(C)C=C(C#N)C(=O)[C@@H](C)[C@@H]4CC[C@@]3(C)[C@]1(C)CC2. The van der Waals surface area contributed by atoms with Crippen molar-refractivity contribution in [1.29, 1.82) is 5.26 Å². The maximum Gasteiger partial charge on any atom is 0.312 e. The molecule has 0 N–H and O–H groups in total. The number of nitrogens with zero attached hydrogens (tertiary/aromatic N) is 1. The Labute approximate surface area is 222 Å². The Morgan fingerprint density at radius 2 is 1.70 bits per heavy atom. The van der Waals surface area contributed by atoms with Gasteiger partial charge in [-0.3, -0.25) is 14.4 Å². The van der Waals surface area contributed by atoms with Crippen LogP contribution >= 0.6 is 0 Å². The van der Waals surface area contributed by atoms with E-state index in [1.165, 1.54) is 0 Å². The second-order valence-electron chi connectivity index (χ2n) is 14.7. The summed E-state index contributed by atoms with van der Waals surface area (Å²) in [5.74, 6) is 0.0412. The van der Waals surface area contributed by atoms with Gasteiger partial charge >= 0.3 is 5.97 Å². The summed E-state index contributed by atoms with van der Waals surface area (Å²) in [5, 5.41) is 9.79. The minimum Gasteiger partial charge on any atom is -0.466 e. The van der Waals surface area contributed by atoms with E-state index in [2.05, 4.69) is 40.7 Å². The molecule has 0 aromatic rings. The van der Waals surface area contributed by atoms with Crippen molar-refractivity contribution in [2.24, 2.45) is 56.7 Å². The molecule has 5 heteroatoms. The van der Waals surface area contributed by atoms with Crippen LogP contribution in [0.25, 0.3) is 0 Å². The molecule has 5 nitrogen and oxygen atoms in total. The Morgan fingerprint density at radius 3 is 2.35 bits per heavy atom. The fourth-order valence-corrected chi connectivity index (χ4v) is 10.6. The monoisotopic (exact) mass is 507 g/mol. The van der Waals surface area contributed by atoms with Crippen molar-refractivity contribution in [3.05, 3.63) is 11.6 Å². The smallest absolute Gasteiger partial charge is 0.312 e. The van der Waals surface area contributed by atoms with Crippen molar-refractivity contribution in [3.8, 4) is 6.07 Å². The second-order valence-corrected chi connectivity index (χ2v) is 14.7. The first-order valence-corrected chi connectivity index (χ1v) is 14.6. The zero-order valence-electron chi connectivity index (χ0n) is 23.9. The van der Waals surface area contributed by atoms with Gasteiger partial charge in [0.15, 0.2) is 5.78 Å². The van der Waals surface area contributed by atoms with Crippen LogP contribution in [0.4, 0.5) is 0 Å². The highest BCUT2D eigenvalue weighted by atomic mass is 16.5. The Kier molecular flexibility index (Phi) is 5.95. The van der Waals surface area contributed by atoms with Crippen molar-refractivity contribution in [2.45, 2.75) is 99.8 Å². The topological polar surface area (TPSA) is 84.2 Å². The number of esters is 1. The number of hydrogen-bond donors (Lipinski definition) is 0. The van der Waals surface area contributed by atoms with Gasteiger partial charge in [-0.25, -0.2) is 0 Å². The number of hydrogen-bond acceptors (Lipinski definition) is 5. The number of rotatable bonds is 2. The lowest BCUT2D eigenvalue weighted by Gasteiger charge is -2.71. The van der Waals surface area contributed by atoms with Crippen LogP contribution < -0.4 is 0 Å². The summed E-state index contributed by atoms with van der Waals surface area (Å²) >= 11 is 0. The van der Waals surface area contributed by atoms with Crippen molar-refractivity contribution in [3.63, 3.8) is 0 Å². The zero-order chi connectivity index (χ0) is 27.2. The number of fused-ring (bicyclic) bond motifs is 7. The molecular formula is C32H45NO4. The highest BCUT2D eigenvalue weighted by molar-refractivity contribution is 6.01. The zero-order valence-corrected chi connectivity index (χ0v) is 23.9. The normalized spacial score (nSPS) is 48.4. The molecule has 5 rings (SSSR count). The molecule has 0 unspecified atom stereocenters. The van der Waals surface area contributed by atoms with Crippen molar-refractivity contribution < 1.29 is 19.1 Å². The van der Waals surface area contributed by atoms with Crippen LogP contribution in [0.1, 0.15) is 99.8 Å². The molecule has 202 valence electrons. The van der Waals surface area contributed by atoms with Gasteiger partial charge in [0.05, 0.1) is 17.6 Å². The van der Waals surface area contributed by atoms with Gasteiger partial charge < -0.3 is 4.74 Å². The number of carbonyl (C=O) groups is 3. The van der Waals surface area contributed by atoms with Gasteiger partial charge in [-0.2, -0.15) is 5.26 Å². The summed E-state index contributed by atoms with van der Waals surface area (Å²) in [7, 11) is 0. The number of ether oxygens (including phenoxy) is 1. The van der Waals surface area contributed by atoms with E-state index in [9.17, 15) is 19.6 Å². The van der Waals surface area contributed by atoms with E-state index in [-0.39, 0.29) is 68.6 Å². The molecule has 0 spiro atoms. The first-order valence-electron chi connectivity index (χ1n) is 14.6. The van der Waals surface area contributed by atoms with Gasteiger partial charge in [0.1, 0.15) is 11.9 Å². The van der Waals surface area contributed by atoms with Crippen molar-refractivity contribution in [2.75, 3.05) is 6.61 Å². The molecule has 4 saturated carbocycles. The molecule has 4 fully saturated rings. The largest absolute Gasteiger partial charge is 0.466 e. The van der Waals surface area contributed by atoms with Crippen LogP contribution in [0.2, 0.25) is 0 Å². The van der Waals surface area contributed by atoms with E-state index in [0.717, 1.165) is 44.9 Å². The van der Waals surface area contributed by atoms with Crippen molar-refractivity contribution in [1.82, 2.24) is 0 Å². The molecule has 0 saturated heterocycles. The standard InChI is InChI=1S/C32H45NO4/c1-8-37-27(36)32-13-11-28(3,4)17-22(32)25-23(34)15-24-29(5)16-20(18-33)26(35)19(2)21(29)9-10-30(24,6)31(25,7)12-14-32/h16,19,21-22,24-25H,8-15,17H2,1-7H3/t19-,21-,22-,24+,25-,29-,30+,31+,32-/m0/s1. The number of ketones is 2. The lowest BCUT2D eigenvalue weighted by atomic mass is 9.32. The van der Waals surface area contributed by atoms with Crippen LogP contribution in [0, 0.1) is 68.0 Å². The Hall–Kier alpha value is -1.96. The third-order valence-electron chi connectivity index (χ3n) is 12.8. The molecule has 5 aliphatic rings. The minimum absolute atomic E-state index is 0.00178. The third kappa shape index (κ3) is 3.36. The fourth-order valence-electron chi connectivity index (χ4n) is 10.6. The van der Waals surface area contributed by atoms with Crippen LogP contribution in [0.3, 0.4) is 0 Å². The molecular weight excluding hydrogens is 462 g/mol. The quantitative estimate of drug-likeness (QED) is 0.401. The van der Waals surface area contributed by atoms with Crippen LogP contribution in [0.5, 0.6) is 0 Å². The second kappa shape index (κ2) is 8.27. The summed E-state index contributed by atoms with van der Waals surface area (Å²) in [4.78, 5) is 40.9. The average molecular weight is 508 g/mol. The van der Waals surface area contributed by atoms with E-state index in [0.29, 0.717) is 18.8 Å². The van der Waals surface area contributed by atoms with Gasteiger partial charge in [-0.15, -0.1) is 0 Å². The number of allylic oxidation sites excluding steroid dienone is 2. The highest BCUT2D eigenvalue weighted by Gasteiger charge is 2.72. The first kappa shape index (κ1) is 26.6. The molecule has 0 amide bonds. The number of nitriles is 1. The van der Waals surface area contributed by atoms with Crippen LogP contribution in [0.15, 0.2) is 11.6 Å². The van der Waals surface area contributed by atoms with Crippen molar-refractivity contribution >= 4 is 17.5 Å². The number of carbonyl (C=O) groups excluding carboxylic acids is 3. The fraction of sp³-hybridized carbons (Fsp3) is 0.812. The van der Waals surface area contributed by atoms with Gasteiger partial charge in [-0.1, -0.05) is 47.6 Å². The molecule has 0 bridgehead atoms. The van der Waals surface area contributed by atoms with Gasteiger partial charge in [0, 0.05) is 18.3 Å². The Morgan fingerprint density at radius 1 is 1.03 bits per heavy atom. The summed E-state index contributed by atoms with van der Waals surface area (Å²) in [6.45, 7) is 15.7. The molecule has 9 atom stereocenters. The molecule has 5 aliphatic carbocycles. The van der Waals surface area contributed by atoms with Gasteiger partial charge in [0.2, 0.25) is 0 Å². The lowest BCUT2D eigenvalue weighted by Crippen LogP contribution is -2.68. The summed E-state index contributed by atoms with van der Waals surface area (Å²) < 4.78 is 5.70. The lowest BCUT2D eigenvalue weighted by molar-refractivity contribution is -0.224. The summed E-state index contributed by atoms with van der Waals surface area (Å²) in [6.07, 6.45) is 8.62. The van der Waals surface area contributed by atoms with E-state index >= 15 is 0 Å². The molecule has 0 radical (unpaired) electrons. The van der Waals surface area contributed by atoms with E-state index in [1.54, 1.807) is 0 Å². The van der Waals surface area contributed by atoms with Gasteiger partial charge in [0.25, 0.3) is 0 Å².